The molecule has 0 spiro atoms. The summed E-state index contributed by atoms with van der Waals surface area (Å²) < 4.78 is 21.8. The maximum Gasteiger partial charge on any atom is 0.302 e. The Morgan fingerprint density at radius 1 is 0.907 bits per heavy atom. The number of carbonyl (C=O) groups excluding carboxylic acids is 4. The van der Waals surface area contributed by atoms with Crippen molar-refractivity contribution in [2.45, 2.75) is 105 Å². The maximum atomic E-state index is 13.8. The van der Waals surface area contributed by atoms with Crippen LogP contribution in [-0.2, 0) is 38.1 Å². The molecule has 0 bridgehead atoms. The predicted molar refractivity (Wildman–Crippen MR) is 164 cm³/mol. The van der Waals surface area contributed by atoms with Gasteiger partial charge in [0.05, 0.1) is 39.6 Å². The van der Waals surface area contributed by atoms with Crippen LogP contribution >= 0.6 is 0 Å². The second-order valence-electron chi connectivity index (χ2n) is 12.3. The highest BCUT2D eigenvalue weighted by Crippen LogP contribution is 2.27. The number of amides is 3. The van der Waals surface area contributed by atoms with E-state index in [1.165, 1.54) is 11.8 Å². The first-order valence-electron chi connectivity index (χ1n) is 15.8. The van der Waals surface area contributed by atoms with Gasteiger partial charge in [0, 0.05) is 32.5 Å². The number of carbonyl (C=O) groups is 4. The van der Waals surface area contributed by atoms with E-state index in [1.807, 2.05) is 20.8 Å². The summed E-state index contributed by atoms with van der Waals surface area (Å²) in [7, 11) is 0. The van der Waals surface area contributed by atoms with Crippen LogP contribution in [0.5, 0.6) is 0 Å². The Balaban J connectivity index is 2.62. The quantitative estimate of drug-likeness (QED) is 0.131. The zero-order chi connectivity index (χ0) is 32.4. The van der Waals surface area contributed by atoms with Gasteiger partial charge in [-0.2, -0.15) is 0 Å². The monoisotopic (exact) mass is 614 g/mol. The Hall–Kier alpha value is -2.28. The highest BCUT2D eigenvalue weighted by Gasteiger charge is 2.45. The molecule has 0 aromatic heterocycles. The van der Waals surface area contributed by atoms with Crippen LogP contribution in [0.3, 0.4) is 0 Å². The third-order valence-electron chi connectivity index (χ3n) is 7.65. The summed E-state index contributed by atoms with van der Waals surface area (Å²) in [5.74, 6) is -1.28. The van der Waals surface area contributed by atoms with Gasteiger partial charge in [0.15, 0.2) is 0 Å². The fourth-order valence-electron chi connectivity index (χ4n) is 4.69. The highest BCUT2D eigenvalue weighted by molar-refractivity contribution is 5.93. The number of hydrogen-bond acceptors (Lipinski definition) is 9. The van der Waals surface area contributed by atoms with Crippen molar-refractivity contribution in [2.75, 3.05) is 59.3 Å². The minimum Gasteiger partial charge on any atom is -0.461 e. The summed E-state index contributed by atoms with van der Waals surface area (Å²) in [6.07, 6.45) is 2.53. The summed E-state index contributed by atoms with van der Waals surface area (Å²) in [5, 5.41) is 9.12. The molecule has 1 aliphatic rings. The molecule has 4 unspecified atom stereocenters. The molecule has 250 valence electrons. The lowest BCUT2D eigenvalue weighted by Gasteiger charge is -2.35. The minimum absolute atomic E-state index is 0.0792. The molecular weight excluding hydrogens is 556 g/mol. The average molecular weight is 615 g/mol. The van der Waals surface area contributed by atoms with Crippen molar-refractivity contribution in [3.8, 4) is 0 Å². The molecule has 0 radical (unpaired) electrons. The summed E-state index contributed by atoms with van der Waals surface area (Å²) >= 11 is 0. The Labute approximate surface area is 258 Å². The average Bonchev–Trinajstić information content (AvgIpc) is 3.37. The van der Waals surface area contributed by atoms with E-state index in [1.54, 1.807) is 0 Å². The summed E-state index contributed by atoms with van der Waals surface area (Å²) in [4.78, 5) is 52.9. The van der Waals surface area contributed by atoms with Gasteiger partial charge in [-0.25, -0.2) is 0 Å². The third kappa shape index (κ3) is 15.3. The Morgan fingerprint density at radius 2 is 1.51 bits per heavy atom. The number of rotatable bonds is 21. The van der Waals surface area contributed by atoms with Crippen molar-refractivity contribution in [3.05, 3.63) is 0 Å². The van der Waals surface area contributed by atoms with Crippen molar-refractivity contribution in [2.24, 2.45) is 11.3 Å². The van der Waals surface area contributed by atoms with E-state index in [0.29, 0.717) is 44.9 Å². The largest absolute Gasteiger partial charge is 0.461 e. The van der Waals surface area contributed by atoms with Gasteiger partial charge in [0.2, 0.25) is 17.7 Å². The molecule has 3 N–H and O–H groups in total. The number of ether oxygens (including phenoxy) is 4. The first kappa shape index (κ1) is 38.7. The SMILES string of the molecule is CCC(CC)CNC(=O)C1CC(OC(C)=O)CN1C(=O)C(NC(=O)COCCOCCOCCNC(C)CC)C(C)(C)C. The molecule has 0 aliphatic carbocycles. The van der Waals surface area contributed by atoms with Crippen molar-refractivity contribution in [1.82, 2.24) is 20.9 Å². The molecule has 43 heavy (non-hydrogen) atoms. The van der Waals surface area contributed by atoms with Crippen LogP contribution in [0.2, 0.25) is 0 Å². The second-order valence-corrected chi connectivity index (χ2v) is 12.3. The lowest BCUT2D eigenvalue weighted by Crippen LogP contribution is -2.58. The van der Waals surface area contributed by atoms with Gasteiger partial charge in [0.1, 0.15) is 24.8 Å². The molecule has 0 aromatic carbocycles. The zero-order valence-electron chi connectivity index (χ0n) is 27.8. The maximum absolute atomic E-state index is 13.8. The Bertz CT molecular complexity index is 846. The van der Waals surface area contributed by atoms with Crippen molar-refractivity contribution in [3.63, 3.8) is 0 Å². The smallest absolute Gasteiger partial charge is 0.302 e. The van der Waals surface area contributed by atoms with Gasteiger partial charge >= 0.3 is 5.97 Å². The van der Waals surface area contributed by atoms with Crippen LogP contribution in [-0.4, -0.2) is 112 Å². The zero-order valence-corrected chi connectivity index (χ0v) is 27.8. The Morgan fingerprint density at radius 3 is 2.07 bits per heavy atom. The van der Waals surface area contributed by atoms with E-state index in [2.05, 4.69) is 43.6 Å². The fraction of sp³-hybridized carbons (Fsp3) is 0.871. The molecule has 12 nitrogen and oxygen atoms in total. The van der Waals surface area contributed by atoms with Gasteiger partial charge in [-0.1, -0.05) is 54.4 Å². The molecular formula is C31H58N4O8. The van der Waals surface area contributed by atoms with E-state index >= 15 is 0 Å². The van der Waals surface area contributed by atoms with Crippen molar-refractivity contribution in [1.29, 1.82) is 0 Å². The van der Waals surface area contributed by atoms with Crippen LogP contribution in [0, 0.1) is 11.3 Å². The molecule has 1 rings (SSSR count). The molecule has 0 aromatic rings. The topological polar surface area (TPSA) is 145 Å². The molecule has 1 saturated heterocycles. The van der Waals surface area contributed by atoms with Gasteiger partial charge < -0.3 is 39.8 Å². The van der Waals surface area contributed by atoms with Gasteiger partial charge in [-0.3, -0.25) is 19.2 Å². The van der Waals surface area contributed by atoms with Crippen LogP contribution in [0.1, 0.15) is 81.1 Å². The first-order chi connectivity index (χ1) is 20.3. The minimum atomic E-state index is -0.919. The third-order valence-corrected chi connectivity index (χ3v) is 7.65. The van der Waals surface area contributed by atoms with E-state index in [4.69, 9.17) is 18.9 Å². The lowest BCUT2D eigenvalue weighted by atomic mass is 9.85. The molecule has 4 atom stereocenters. The summed E-state index contributed by atoms with van der Waals surface area (Å²) in [6.45, 7) is 18.4. The van der Waals surface area contributed by atoms with Crippen LogP contribution < -0.4 is 16.0 Å². The van der Waals surface area contributed by atoms with Gasteiger partial charge in [0.25, 0.3) is 0 Å². The summed E-state index contributed by atoms with van der Waals surface area (Å²) in [6, 6.07) is -1.25. The molecule has 1 fully saturated rings. The van der Waals surface area contributed by atoms with Crippen LogP contribution in [0.15, 0.2) is 0 Å². The Kier molecular flexibility index (Phi) is 18.6. The molecule has 3 amide bonds. The number of likely N-dealkylation sites (tertiary alicyclic amines) is 1. The molecule has 0 saturated carbocycles. The van der Waals surface area contributed by atoms with Crippen molar-refractivity contribution >= 4 is 23.7 Å². The van der Waals surface area contributed by atoms with E-state index in [-0.39, 0.29) is 32.1 Å². The molecule has 1 heterocycles. The summed E-state index contributed by atoms with van der Waals surface area (Å²) in [5.41, 5.74) is -0.657. The fourth-order valence-corrected chi connectivity index (χ4v) is 4.69. The van der Waals surface area contributed by atoms with Gasteiger partial charge in [-0.15, -0.1) is 0 Å². The number of hydrogen-bond donors (Lipinski definition) is 3. The first-order valence-corrected chi connectivity index (χ1v) is 15.8. The van der Waals surface area contributed by atoms with Crippen molar-refractivity contribution < 1.29 is 38.1 Å². The molecule has 12 heteroatoms. The highest BCUT2D eigenvalue weighted by atomic mass is 16.5. The van der Waals surface area contributed by atoms with Crippen LogP contribution in [0.4, 0.5) is 0 Å². The standard InChI is InChI=1S/C31H58N4O8/c1-9-22(4)32-12-13-40-14-15-41-16-17-42-21-27(37)34-28(31(6,7)8)30(39)35-20-25(43-23(5)36)18-26(35)29(38)33-19-24(10-2)11-3/h22,24-26,28,32H,9-21H2,1-8H3,(H,33,38)(H,34,37). The van der Waals surface area contributed by atoms with Gasteiger partial charge in [-0.05, 0) is 24.7 Å². The lowest BCUT2D eigenvalue weighted by molar-refractivity contribution is -0.147. The number of nitrogens with one attached hydrogen (secondary N) is 3. The van der Waals surface area contributed by atoms with E-state index < -0.39 is 41.4 Å². The van der Waals surface area contributed by atoms with Crippen LogP contribution in [0.25, 0.3) is 0 Å². The number of nitrogens with zero attached hydrogens (tertiary/aromatic N) is 1. The van der Waals surface area contributed by atoms with E-state index in [0.717, 1.165) is 25.8 Å². The predicted octanol–water partition coefficient (Wildman–Crippen LogP) is 2.04. The van der Waals surface area contributed by atoms with E-state index in [9.17, 15) is 19.2 Å². The second kappa shape index (κ2) is 20.6. The number of esters is 1. The normalized spacial score (nSPS) is 18.4. The molecule has 1 aliphatic heterocycles.